The zero-order valence-corrected chi connectivity index (χ0v) is 17.5. The fourth-order valence-electron chi connectivity index (χ4n) is 4.10. The minimum Gasteiger partial charge on any atom is -0.342 e. The predicted octanol–water partition coefficient (Wildman–Crippen LogP) is 2.78. The highest BCUT2D eigenvalue weighted by molar-refractivity contribution is 6.08. The molecular weight excluding hydrogens is 390 g/mol. The van der Waals surface area contributed by atoms with Crippen molar-refractivity contribution < 1.29 is 14.4 Å². The minimum absolute atomic E-state index is 0.0364. The molecule has 2 unspecified atom stereocenters. The molecule has 2 N–H and O–H groups in total. The lowest BCUT2D eigenvalue weighted by Crippen LogP contribution is -2.49. The summed E-state index contributed by atoms with van der Waals surface area (Å²) in [5, 5.41) is 4.77. The van der Waals surface area contributed by atoms with Crippen molar-refractivity contribution in [2.75, 3.05) is 13.1 Å². The standard InChI is InChI=1S/C25H25N3O3/c1-25(23(30)26-24(31)27-25)16-22(29)28-15-5-8-21(17-28)20-13-11-19(12-14-20)10-9-18-6-3-2-4-7-18/h2-4,6-7,11-14,21H,5,8,15-17H2,1H3,(H2,26,27,30,31). The van der Waals surface area contributed by atoms with Gasteiger partial charge in [0.05, 0.1) is 6.42 Å². The monoisotopic (exact) mass is 415 g/mol. The van der Waals surface area contributed by atoms with Gasteiger partial charge in [0.1, 0.15) is 5.54 Å². The number of hydrogen-bond acceptors (Lipinski definition) is 3. The van der Waals surface area contributed by atoms with Crippen LogP contribution in [-0.4, -0.2) is 41.4 Å². The quantitative estimate of drug-likeness (QED) is 0.598. The summed E-state index contributed by atoms with van der Waals surface area (Å²) in [5.74, 6) is 6.02. The lowest BCUT2D eigenvalue weighted by Gasteiger charge is -2.34. The Hall–Kier alpha value is -3.59. The second kappa shape index (κ2) is 8.65. The average molecular weight is 415 g/mol. The van der Waals surface area contributed by atoms with Gasteiger partial charge in [0.2, 0.25) is 5.91 Å². The van der Waals surface area contributed by atoms with Gasteiger partial charge in [0, 0.05) is 30.1 Å². The zero-order valence-electron chi connectivity index (χ0n) is 17.5. The molecular formula is C25H25N3O3. The molecule has 2 heterocycles. The first-order chi connectivity index (χ1) is 14.9. The highest BCUT2D eigenvalue weighted by atomic mass is 16.2. The fraction of sp³-hybridized carbons (Fsp3) is 0.320. The molecule has 31 heavy (non-hydrogen) atoms. The second-order valence-corrected chi connectivity index (χ2v) is 8.33. The maximum Gasteiger partial charge on any atom is 0.322 e. The molecule has 0 bridgehead atoms. The number of benzene rings is 2. The smallest absolute Gasteiger partial charge is 0.322 e. The van der Waals surface area contributed by atoms with E-state index >= 15 is 0 Å². The van der Waals surface area contributed by atoms with Crippen LogP contribution >= 0.6 is 0 Å². The van der Waals surface area contributed by atoms with Crippen LogP contribution in [0.2, 0.25) is 0 Å². The molecule has 2 fully saturated rings. The third-order valence-corrected chi connectivity index (χ3v) is 5.90. The van der Waals surface area contributed by atoms with Crippen molar-refractivity contribution in [3.05, 3.63) is 71.3 Å². The highest BCUT2D eigenvalue weighted by Crippen LogP contribution is 2.28. The van der Waals surface area contributed by atoms with E-state index in [0.717, 1.165) is 24.0 Å². The Balaban J connectivity index is 1.39. The number of rotatable bonds is 3. The van der Waals surface area contributed by atoms with Gasteiger partial charge >= 0.3 is 6.03 Å². The molecule has 158 valence electrons. The summed E-state index contributed by atoms with van der Waals surface area (Å²) in [6.45, 7) is 2.86. The Bertz CT molecular complexity index is 1050. The molecule has 2 aliphatic heterocycles. The number of nitrogens with one attached hydrogen (secondary N) is 2. The average Bonchev–Trinajstić information content (AvgIpc) is 3.04. The summed E-state index contributed by atoms with van der Waals surface area (Å²) < 4.78 is 0. The number of imide groups is 1. The summed E-state index contributed by atoms with van der Waals surface area (Å²) in [6, 6.07) is 17.5. The van der Waals surface area contributed by atoms with E-state index in [4.69, 9.17) is 0 Å². The summed E-state index contributed by atoms with van der Waals surface area (Å²) in [4.78, 5) is 38.1. The molecule has 2 atom stereocenters. The maximum absolute atomic E-state index is 12.8. The third-order valence-electron chi connectivity index (χ3n) is 5.90. The SMILES string of the molecule is CC1(CC(=O)N2CCCC(c3ccc(C#Cc4ccccc4)cc3)C2)NC(=O)NC1=O. The third kappa shape index (κ3) is 4.77. The molecule has 0 saturated carbocycles. The van der Waals surface area contributed by atoms with Crippen molar-refractivity contribution in [2.24, 2.45) is 0 Å². The lowest BCUT2D eigenvalue weighted by atomic mass is 9.89. The van der Waals surface area contributed by atoms with Crippen LogP contribution in [0.25, 0.3) is 0 Å². The van der Waals surface area contributed by atoms with Gasteiger partial charge in [0.15, 0.2) is 0 Å². The molecule has 6 nitrogen and oxygen atoms in total. The number of carbonyl (C=O) groups is 3. The number of likely N-dealkylation sites (tertiary alicyclic amines) is 1. The van der Waals surface area contributed by atoms with E-state index in [1.165, 1.54) is 5.56 Å². The van der Waals surface area contributed by atoms with Crippen LogP contribution in [0.4, 0.5) is 4.79 Å². The molecule has 0 radical (unpaired) electrons. The van der Waals surface area contributed by atoms with Crippen LogP contribution in [0, 0.1) is 11.8 Å². The van der Waals surface area contributed by atoms with Crippen LogP contribution in [0.3, 0.4) is 0 Å². The molecule has 2 aromatic carbocycles. The lowest BCUT2D eigenvalue weighted by molar-refractivity contribution is -0.137. The van der Waals surface area contributed by atoms with Gasteiger partial charge in [-0.25, -0.2) is 4.79 Å². The molecule has 6 heteroatoms. The number of amides is 4. The van der Waals surface area contributed by atoms with Crippen molar-refractivity contribution in [2.45, 2.75) is 37.6 Å². The fourth-order valence-corrected chi connectivity index (χ4v) is 4.10. The predicted molar refractivity (Wildman–Crippen MR) is 117 cm³/mol. The number of carbonyl (C=O) groups excluding carboxylic acids is 3. The van der Waals surface area contributed by atoms with E-state index in [1.54, 1.807) is 11.8 Å². The number of urea groups is 1. The van der Waals surface area contributed by atoms with Crippen molar-refractivity contribution in [1.82, 2.24) is 15.5 Å². The van der Waals surface area contributed by atoms with Crippen molar-refractivity contribution in [3.8, 4) is 11.8 Å². The number of piperidine rings is 1. The van der Waals surface area contributed by atoms with Crippen molar-refractivity contribution in [1.29, 1.82) is 0 Å². The summed E-state index contributed by atoms with van der Waals surface area (Å²) in [7, 11) is 0. The van der Waals surface area contributed by atoms with E-state index in [-0.39, 0.29) is 18.2 Å². The van der Waals surface area contributed by atoms with Gasteiger partial charge in [-0.05, 0) is 49.6 Å². The number of hydrogen-bond donors (Lipinski definition) is 2. The summed E-state index contributed by atoms with van der Waals surface area (Å²) in [6.07, 6.45) is 1.87. The summed E-state index contributed by atoms with van der Waals surface area (Å²) >= 11 is 0. The van der Waals surface area contributed by atoms with Gasteiger partial charge in [-0.15, -0.1) is 0 Å². The first kappa shape index (κ1) is 20.7. The normalized spacial score (nSPS) is 22.9. The van der Waals surface area contributed by atoms with E-state index in [2.05, 4.69) is 34.6 Å². The Morgan fingerprint density at radius 2 is 1.74 bits per heavy atom. The van der Waals surface area contributed by atoms with Gasteiger partial charge in [0.25, 0.3) is 5.91 Å². The maximum atomic E-state index is 12.8. The Morgan fingerprint density at radius 1 is 1.06 bits per heavy atom. The minimum atomic E-state index is -1.18. The highest BCUT2D eigenvalue weighted by Gasteiger charge is 2.44. The van der Waals surface area contributed by atoms with Crippen molar-refractivity contribution >= 4 is 17.8 Å². The van der Waals surface area contributed by atoms with Crippen LogP contribution in [0.5, 0.6) is 0 Å². The Morgan fingerprint density at radius 3 is 2.39 bits per heavy atom. The number of nitrogens with zero attached hydrogens (tertiary/aromatic N) is 1. The van der Waals surface area contributed by atoms with Crippen LogP contribution in [0.1, 0.15) is 48.8 Å². The Kier molecular flexibility index (Phi) is 5.77. The van der Waals surface area contributed by atoms with Crippen LogP contribution in [-0.2, 0) is 9.59 Å². The van der Waals surface area contributed by atoms with Crippen LogP contribution < -0.4 is 10.6 Å². The van der Waals surface area contributed by atoms with Gasteiger partial charge < -0.3 is 10.2 Å². The Labute approximate surface area is 182 Å². The zero-order chi connectivity index (χ0) is 21.8. The molecule has 2 saturated heterocycles. The van der Waals surface area contributed by atoms with E-state index in [9.17, 15) is 14.4 Å². The molecule has 0 aromatic heterocycles. The van der Waals surface area contributed by atoms with Crippen LogP contribution in [0.15, 0.2) is 54.6 Å². The molecule has 4 amide bonds. The van der Waals surface area contributed by atoms with E-state index in [0.29, 0.717) is 13.1 Å². The molecule has 4 rings (SSSR count). The molecule has 2 aliphatic rings. The topological polar surface area (TPSA) is 78.5 Å². The van der Waals surface area contributed by atoms with Gasteiger partial charge in [-0.1, -0.05) is 42.2 Å². The molecule has 2 aromatic rings. The first-order valence-corrected chi connectivity index (χ1v) is 10.5. The van der Waals surface area contributed by atoms with E-state index in [1.807, 2.05) is 42.5 Å². The molecule has 0 aliphatic carbocycles. The second-order valence-electron chi connectivity index (χ2n) is 8.33. The first-order valence-electron chi connectivity index (χ1n) is 10.5. The van der Waals surface area contributed by atoms with Gasteiger partial charge in [-0.2, -0.15) is 0 Å². The molecule has 0 spiro atoms. The van der Waals surface area contributed by atoms with Crippen molar-refractivity contribution in [3.63, 3.8) is 0 Å². The van der Waals surface area contributed by atoms with E-state index < -0.39 is 17.5 Å². The largest absolute Gasteiger partial charge is 0.342 e. The van der Waals surface area contributed by atoms with Gasteiger partial charge in [-0.3, -0.25) is 14.9 Å². The summed E-state index contributed by atoms with van der Waals surface area (Å²) in [5.41, 5.74) is 1.93.